The number of carbonyl (C=O) groups excluding carboxylic acids is 3. The van der Waals surface area contributed by atoms with Gasteiger partial charge in [-0.2, -0.15) is 0 Å². The molecule has 1 aromatic carbocycles. The second kappa shape index (κ2) is 9.51. The van der Waals surface area contributed by atoms with Crippen LogP contribution < -0.4 is 20.7 Å². The van der Waals surface area contributed by atoms with E-state index in [0.717, 1.165) is 23.7 Å². The van der Waals surface area contributed by atoms with Gasteiger partial charge in [0.1, 0.15) is 23.5 Å². The van der Waals surface area contributed by atoms with Crippen molar-refractivity contribution in [2.75, 3.05) is 13.7 Å². The molecule has 4 rings (SSSR count). The number of aromatic nitrogens is 1. The van der Waals surface area contributed by atoms with Gasteiger partial charge in [0.15, 0.2) is 0 Å². The molecule has 0 radical (unpaired) electrons. The van der Waals surface area contributed by atoms with Crippen molar-refractivity contribution in [2.45, 2.75) is 44.2 Å². The minimum Gasteiger partial charge on any atom is -0.496 e. The highest BCUT2D eigenvalue weighted by molar-refractivity contribution is 6.01. The number of nitrogens with one attached hydrogen (secondary N) is 4. The van der Waals surface area contributed by atoms with Gasteiger partial charge in [-0.3, -0.25) is 14.4 Å². The average molecular weight is 456 g/mol. The summed E-state index contributed by atoms with van der Waals surface area (Å²) in [7, 11) is 1.55. The number of hydrogen-bond acceptors (Lipinski definition) is 5. The Balaban J connectivity index is 1.46. The Morgan fingerprint density at radius 3 is 2.58 bits per heavy atom. The number of carbonyl (C=O) groups is 4. The number of hydrogen-bond donors (Lipinski definition) is 5. The van der Waals surface area contributed by atoms with Gasteiger partial charge in [0, 0.05) is 23.4 Å². The molecule has 2 heterocycles. The summed E-state index contributed by atoms with van der Waals surface area (Å²) in [4.78, 5) is 52.5. The van der Waals surface area contributed by atoms with Gasteiger partial charge in [0.25, 0.3) is 5.91 Å². The molecule has 1 aromatic heterocycles. The first-order valence-corrected chi connectivity index (χ1v) is 11.1. The topological polar surface area (TPSA) is 150 Å². The number of fused-ring (bicyclic) bond motifs is 1. The van der Waals surface area contributed by atoms with Crippen molar-refractivity contribution in [3.8, 4) is 5.75 Å². The van der Waals surface area contributed by atoms with Gasteiger partial charge in [-0.05, 0) is 43.4 Å². The molecule has 10 heteroatoms. The van der Waals surface area contributed by atoms with Crippen molar-refractivity contribution in [1.82, 2.24) is 20.9 Å². The van der Waals surface area contributed by atoms with Crippen LogP contribution in [0.1, 0.15) is 42.6 Å². The number of benzene rings is 1. The third-order valence-corrected chi connectivity index (χ3v) is 6.27. The third-order valence-electron chi connectivity index (χ3n) is 6.27. The van der Waals surface area contributed by atoms with E-state index in [1.54, 1.807) is 25.3 Å². The standard InChI is InChI=1S/C23H28N4O6/c1-33-19-4-2-3-15-14(19)11-17(25-15)22(30)26-16(9-12-5-6-12)21(29)27-18(23(31)32)10-13-7-8-24-20(13)28/h2-4,11-13,16,18,25H,5-10H2,1H3,(H,24,28)(H,26,30)(H,27,29)(H,31,32). The van der Waals surface area contributed by atoms with E-state index in [-0.39, 0.29) is 18.0 Å². The zero-order chi connectivity index (χ0) is 23.5. The first-order valence-electron chi connectivity index (χ1n) is 11.1. The SMILES string of the molecule is COc1cccc2[nH]c(C(=O)NC(CC3CC3)C(=O)NC(CC3CCNC3=O)C(=O)O)cc12. The molecule has 2 aromatic rings. The maximum absolute atomic E-state index is 13.0. The normalized spacial score (nSPS) is 19.5. The Morgan fingerprint density at radius 2 is 1.94 bits per heavy atom. The first kappa shape index (κ1) is 22.6. The number of ether oxygens (including phenoxy) is 1. The van der Waals surface area contributed by atoms with E-state index < -0.39 is 35.8 Å². The number of amides is 3. The molecule has 10 nitrogen and oxygen atoms in total. The number of rotatable bonds is 10. The van der Waals surface area contributed by atoms with Crippen LogP contribution in [0.4, 0.5) is 0 Å². The van der Waals surface area contributed by atoms with E-state index in [9.17, 15) is 24.3 Å². The number of aromatic amines is 1. The monoisotopic (exact) mass is 456 g/mol. The molecule has 0 spiro atoms. The minimum atomic E-state index is -1.21. The highest BCUT2D eigenvalue weighted by Crippen LogP contribution is 2.34. The van der Waals surface area contributed by atoms with Crippen molar-refractivity contribution in [3.05, 3.63) is 30.0 Å². The predicted octanol–water partition coefficient (Wildman–Crippen LogP) is 1.17. The molecule has 33 heavy (non-hydrogen) atoms. The molecule has 3 amide bonds. The Morgan fingerprint density at radius 1 is 1.15 bits per heavy atom. The predicted molar refractivity (Wildman–Crippen MR) is 119 cm³/mol. The quantitative estimate of drug-likeness (QED) is 0.362. The summed E-state index contributed by atoms with van der Waals surface area (Å²) in [6.45, 7) is 0.499. The van der Waals surface area contributed by atoms with Crippen LogP contribution in [0.5, 0.6) is 5.75 Å². The highest BCUT2D eigenvalue weighted by atomic mass is 16.5. The van der Waals surface area contributed by atoms with Crippen LogP contribution in [0.25, 0.3) is 10.9 Å². The fraction of sp³-hybridized carbons (Fsp3) is 0.478. The third kappa shape index (κ3) is 5.27. The van der Waals surface area contributed by atoms with Crippen LogP contribution in [0, 0.1) is 11.8 Å². The summed E-state index contributed by atoms with van der Waals surface area (Å²) < 4.78 is 5.33. The summed E-state index contributed by atoms with van der Waals surface area (Å²) in [6.07, 6.45) is 2.91. The highest BCUT2D eigenvalue weighted by Gasteiger charge is 2.35. The fourth-order valence-electron chi connectivity index (χ4n) is 4.23. The van der Waals surface area contributed by atoms with Gasteiger partial charge in [-0.15, -0.1) is 0 Å². The molecule has 2 aliphatic rings. The number of H-pyrrole nitrogens is 1. The second-order valence-electron chi connectivity index (χ2n) is 8.72. The molecule has 0 bridgehead atoms. The van der Waals surface area contributed by atoms with Crippen LogP contribution in [-0.4, -0.2) is 59.5 Å². The van der Waals surface area contributed by atoms with Crippen molar-refractivity contribution in [3.63, 3.8) is 0 Å². The average Bonchev–Trinajstić information content (AvgIpc) is 3.34. The van der Waals surface area contributed by atoms with Gasteiger partial charge in [-0.25, -0.2) is 4.79 Å². The van der Waals surface area contributed by atoms with Crippen LogP contribution >= 0.6 is 0 Å². The van der Waals surface area contributed by atoms with Crippen molar-refractivity contribution in [2.24, 2.45) is 11.8 Å². The summed E-state index contributed by atoms with van der Waals surface area (Å²) in [5, 5.41) is 18.3. The Labute approximate surface area is 190 Å². The number of carboxylic acids is 1. The van der Waals surface area contributed by atoms with Crippen LogP contribution in [0.2, 0.25) is 0 Å². The van der Waals surface area contributed by atoms with Crippen LogP contribution in [0.3, 0.4) is 0 Å². The zero-order valence-electron chi connectivity index (χ0n) is 18.3. The maximum Gasteiger partial charge on any atom is 0.326 e. The van der Waals surface area contributed by atoms with Gasteiger partial charge in [0.05, 0.1) is 7.11 Å². The molecule has 1 saturated carbocycles. The lowest BCUT2D eigenvalue weighted by Gasteiger charge is -2.22. The van der Waals surface area contributed by atoms with Gasteiger partial charge >= 0.3 is 5.97 Å². The molecule has 5 N–H and O–H groups in total. The van der Waals surface area contributed by atoms with E-state index >= 15 is 0 Å². The van der Waals surface area contributed by atoms with Gasteiger partial charge < -0.3 is 30.8 Å². The zero-order valence-corrected chi connectivity index (χ0v) is 18.3. The van der Waals surface area contributed by atoms with Crippen LogP contribution in [0.15, 0.2) is 24.3 Å². The van der Waals surface area contributed by atoms with E-state index in [2.05, 4.69) is 20.9 Å². The van der Waals surface area contributed by atoms with E-state index in [0.29, 0.717) is 31.1 Å². The summed E-state index contributed by atoms with van der Waals surface area (Å²) in [6, 6.07) is 4.99. The molecule has 1 saturated heterocycles. The lowest BCUT2D eigenvalue weighted by atomic mass is 9.98. The summed E-state index contributed by atoms with van der Waals surface area (Å²) in [5.41, 5.74) is 1.00. The van der Waals surface area contributed by atoms with Crippen molar-refractivity contribution < 1.29 is 29.0 Å². The van der Waals surface area contributed by atoms with E-state index in [4.69, 9.17) is 4.74 Å². The van der Waals surface area contributed by atoms with Crippen molar-refractivity contribution in [1.29, 1.82) is 0 Å². The Kier molecular flexibility index (Phi) is 6.52. The number of carboxylic acid groups (broad SMARTS) is 1. The molecule has 3 atom stereocenters. The van der Waals surface area contributed by atoms with Crippen molar-refractivity contribution >= 4 is 34.6 Å². The summed E-state index contributed by atoms with van der Waals surface area (Å²) >= 11 is 0. The molecular formula is C23H28N4O6. The Bertz CT molecular complexity index is 1080. The smallest absolute Gasteiger partial charge is 0.326 e. The largest absolute Gasteiger partial charge is 0.496 e. The second-order valence-corrected chi connectivity index (χ2v) is 8.72. The molecule has 3 unspecified atom stereocenters. The lowest BCUT2D eigenvalue weighted by molar-refractivity contribution is -0.142. The molecule has 1 aliphatic carbocycles. The molecule has 2 fully saturated rings. The van der Waals surface area contributed by atoms with E-state index in [1.165, 1.54) is 0 Å². The Hall–Kier alpha value is -3.56. The van der Waals surface area contributed by atoms with E-state index in [1.807, 2.05) is 6.07 Å². The lowest BCUT2D eigenvalue weighted by Crippen LogP contribution is -2.52. The van der Waals surface area contributed by atoms with Gasteiger partial charge in [0.2, 0.25) is 11.8 Å². The summed E-state index contributed by atoms with van der Waals surface area (Å²) in [5.74, 6) is -1.95. The number of methoxy groups -OCH3 is 1. The minimum absolute atomic E-state index is 0.0127. The first-order chi connectivity index (χ1) is 15.9. The molecule has 1 aliphatic heterocycles. The van der Waals surface area contributed by atoms with Crippen LogP contribution in [-0.2, 0) is 14.4 Å². The molecule has 176 valence electrons. The fourth-order valence-corrected chi connectivity index (χ4v) is 4.23. The molecular weight excluding hydrogens is 428 g/mol. The van der Waals surface area contributed by atoms with Gasteiger partial charge in [-0.1, -0.05) is 18.9 Å². The number of aliphatic carboxylic acids is 1. The maximum atomic E-state index is 13.0.